The molecule has 0 amide bonds. The van der Waals surface area contributed by atoms with Crippen LogP contribution < -0.4 is 14.2 Å². The number of hydrogen-bond acceptors (Lipinski definition) is 4. The Balaban J connectivity index is 3.24. The molecule has 18 heavy (non-hydrogen) atoms. The van der Waals surface area contributed by atoms with Gasteiger partial charge in [-0.15, -0.1) is 0 Å². The lowest BCUT2D eigenvalue weighted by atomic mass is 10.1. The highest BCUT2D eigenvalue weighted by atomic mass is 16.5. The molecular weight excluding hydrogens is 232 g/mol. The van der Waals surface area contributed by atoms with Crippen LogP contribution in [0.25, 0.3) is 0 Å². The molecule has 1 rings (SSSR count). The van der Waals surface area contributed by atoms with Gasteiger partial charge in [0.25, 0.3) is 0 Å². The van der Waals surface area contributed by atoms with Gasteiger partial charge in [0.15, 0.2) is 11.5 Å². The first kappa shape index (κ1) is 14.6. The molecule has 0 spiro atoms. The summed E-state index contributed by atoms with van der Waals surface area (Å²) in [6, 6.07) is 3.59. The Hall–Kier alpha value is -1.42. The fraction of sp³-hybridized carbons (Fsp3) is 0.571. The van der Waals surface area contributed by atoms with E-state index >= 15 is 0 Å². The zero-order valence-electron chi connectivity index (χ0n) is 11.5. The lowest BCUT2D eigenvalue weighted by molar-refractivity contribution is 0.196. The van der Waals surface area contributed by atoms with Crippen LogP contribution in [0.15, 0.2) is 12.1 Å². The van der Waals surface area contributed by atoms with Gasteiger partial charge in [0.1, 0.15) is 0 Å². The van der Waals surface area contributed by atoms with Crippen molar-refractivity contribution in [3.05, 3.63) is 17.7 Å². The number of hydrogen-bond donors (Lipinski definition) is 1. The standard InChI is InChI=1S/C14H22O4/c1-5-16-12-8-11(10(4)15)9-13(17-6-2)14(12)18-7-3/h8-10,15H,5-7H2,1-4H3. The number of aliphatic hydroxyl groups is 1. The van der Waals surface area contributed by atoms with Crippen LogP contribution >= 0.6 is 0 Å². The third kappa shape index (κ3) is 3.53. The Bertz CT molecular complexity index is 347. The summed E-state index contributed by atoms with van der Waals surface area (Å²) in [5.41, 5.74) is 0.755. The van der Waals surface area contributed by atoms with Crippen molar-refractivity contribution in [1.82, 2.24) is 0 Å². The lowest BCUT2D eigenvalue weighted by Gasteiger charge is -2.18. The molecule has 1 atom stereocenters. The molecule has 0 fully saturated rings. The van der Waals surface area contributed by atoms with Crippen molar-refractivity contribution in [2.24, 2.45) is 0 Å². The van der Waals surface area contributed by atoms with E-state index in [0.29, 0.717) is 37.1 Å². The van der Waals surface area contributed by atoms with Crippen LogP contribution in [0.5, 0.6) is 17.2 Å². The summed E-state index contributed by atoms with van der Waals surface area (Å²) >= 11 is 0. The molecule has 0 aliphatic heterocycles. The number of benzene rings is 1. The minimum absolute atomic E-state index is 0.536. The summed E-state index contributed by atoms with van der Waals surface area (Å²) in [6.45, 7) is 9.05. The van der Waals surface area contributed by atoms with Gasteiger partial charge in [-0.2, -0.15) is 0 Å². The van der Waals surface area contributed by atoms with E-state index in [2.05, 4.69) is 0 Å². The summed E-state index contributed by atoms with van der Waals surface area (Å²) in [7, 11) is 0. The third-order valence-corrected chi connectivity index (χ3v) is 2.41. The lowest BCUT2D eigenvalue weighted by Crippen LogP contribution is -2.04. The van der Waals surface area contributed by atoms with Gasteiger partial charge in [0.2, 0.25) is 5.75 Å². The zero-order valence-corrected chi connectivity index (χ0v) is 11.5. The summed E-state index contributed by atoms with van der Waals surface area (Å²) in [5.74, 6) is 1.83. The summed E-state index contributed by atoms with van der Waals surface area (Å²) in [5, 5.41) is 9.68. The molecule has 0 saturated heterocycles. The van der Waals surface area contributed by atoms with E-state index in [1.807, 2.05) is 20.8 Å². The van der Waals surface area contributed by atoms with Crippen LogP contribution in [0, 0.1) is 0 Å². The van der Waals surface area contributed by atoms with Gasteiger partial charge in [-0.05, 0) is 45.4 Å². The van der Waals surface area contributed by atoms with Crippen LogP contribution in [0.4, 0.5) is 0 Å². The van der Waals surface area contributed by atoms with Crippen molar-refractivity contribution in [3.8, 4) is 17.2 Å². The van der Waals surface area contributed by atoms with Crippen LogP contribution in [0.1, 0.15) is 39.4 Å². The van der Waals surface area contributed by atoms with Crippen LogP contribution in [-0.2, 0) is 0 Å². The summed E-state index contributed by atoms with van der Waals surface area (Å²) < 4.78 is 16.7. The van der Waals surface area contributed by atoms with E-state index < -0.39 is 6.10 Å². The second-order valence-electron chi connectivity index (χ2n) is 3.82. The molecule has 0 aromatic heterocycles. The predicted molar refractivity (Wildman–Crippen MR) is 70.6 cm³/mol. The zero-order chi connectivity index (χ0) is 13.5. The Kier molecular flexibility index (Phi) is 5.78. The Morgan fingerprint density at radius 3 is 1.72 bits per heavy atom. The van der Waals surface area contributed by atoms with Crippen LogP contribution in [-0.4, -0.2) is 24.9 Å². The SMILES string of the molecule is CCOc1cc(C(C)O)cc(OCC)c1OCC. The molecule has 0 aliphatic rings. The molecule has 1 N–H and O–H groups in total. The van der Waals surface area contributed by atoms with E-state index in [-0.39, 0.29) is 0 Å². The minimum Gasteiger partial charge on any atom is -0.490 e. The first-order valence-corrected chi connectivity index (χ1v) is 6.38. The molecule has 0 bridgehead atoms. The highest BCUT2D eigenvalue weighted by Crippen LogP contribution is 2.40. The molecule has 102 valence electrons. The number of ether oxygens (including phenoxy) is 3. The molecule has 4 nitrogen and oxygen atoms in total. The topological polar surface area (TPSA) is 47.9 Å². The first-order chi connectivity index (χ1) is 8.63. The Morgan fingerprint density at radius 2 is 1.39 bits per heavy atom. The van der Waals surface area contributed by atoms with E-state index in [0.717, 1.165) is 5.56 Å². The average molecular weight is 254 g/mol. The molecule has 1 aromatic rings. The molecule has 0 saturated carbocycles. The predicted octanol–water partition coefficient (Wildman–Crippen LogP) is 2.94. The van der Waals surface area contributed by atoms with Crippen molar-refractivity contribution in [3.63, 3.8) is 0 Å². The van der Waals surface area contributed by atoms with Gasteiger partial charge < -0.3 is 19.3 Å². The molecule has 1 aromatic carbocycles. The van der Waals surface area contributed by atoms with Crippen molar-refractivity contribution >= 4 is 0 Å². The fourth-order valence-corrected chi connectivity index (χ4v) is 1.65. The van der Waals surface area contributed by atoms with Crippen LogP contribution in [0.3, 0.4) is 0 Å². The maximum absolute atomic E-state index is 9.68. The van der Waals surface area contributed by atoms with E-state index in [4.69, 9.17) is 14.2 Å². The maximum atomic E-state index is 9.68. The van der Waals surface area contributed by atoms with Gasteiger partial charge >= 0.3 is 0 Å². The largest absolute Gasteiger partial charge is 0.490 e. The third-order valence-electron chi connectivity index (χ3n) is 2.41. The minimum atomic E-state index is -0.570. The summed E-state index contributed by atoms with van der Waals surface area (Å²) in [6.07, 6.45) is -0.570. The molecular formula is C14H22O4. The molecule has 0 aliphatic carbocycles. The van der Waals surface area contributed by atoms with E-state index in [1.54, 1.807) is 19.1 Å². The van der Waals surface area contributed by atoms with E-state index in [1.165, 1.54) is 0 Å². The van der Waals surface area contributed by atoms with Crippen molar-refractivity contribution in [1.29, 1.82) is 0 Å². The molecule has 0 radical (unpaired) electrons. The van der Waals surface area contributed by atoms with Gasteiger partial charge in [-0.3, -0.25) is 0 Å². The van der Waals surface area contributed by atoms with Gasteiger partial charge in [0.05, 0.1) is 25.9 Å². The second kappa shape index (κ2) is 7.11. The summed E-state index contributed by atoms with van der Waals surface area (Å²) in [4.78, 5) is 0. The van der Waals surface area contributed by atoms with E-state index in [9.17, 15) is 5.11 Å². The first-order valence-electron chi connectivity index (χ1n) is 6.38. The number of rotatable bonds is 7. The van der Waals surface area contributed by atoms with Crippen molar-refractivity contribution in [2.75, 3.05) is 19.8 Å². The molecule has 0 heterocycles. The van der Waals surface area contributed by atoms with Gasteiger partial charge in [0, 0.05) is 0 Å². The highest BCUT2D eigenvalue weighted by Gasteiger charge is 2.16. The molecule has 4 heteroatoms. The average Bonchev–Trinajstić information content (AvgIpc) is 2.33. The quantitative estimate of drug-likeness (QED) is 0.812. The molecule has 1 unspecified atom stereocenters. The van der Waals surface area contributed by atoms with Crippen molar-refractivity contribution < 1.29 is 19.3 Å². The van der Waals surface area contributed by atoms with Crippen molar-refractivity contribution in [2.45, 2.75) is 33.8 Å². The highest BCUT2D eigenvalue weighted by molar-refractivity contribution is 5.54. The van der Waals surface area contributed by atoms with Gasteiger partial charge in [-0.25, -0.2) is 0 Å². The van der Waals surface area contributed by atoms with Crippen LogP contribution in [0.2, 0.25) is 0 Å². The maximum Gasteiger partial charge on any atom is 0.203 e. The fourth-order valence-electron chi connectivity index (χ4n) is 1.65. The normalized spacial score (nSPS) is 12.1. The second-order valence-corrected chi connectivity index (χ2v) is 3.82. The van der Waals surface area contributed by atoms with Gasteiger partial charge in [-0.1, -0.05) is 0 Å². The monoisotopic (exact) mass is 254 g/mol. The Labute approximate surface area is 108 Å². The smallest absolute Gasteiger partial charge is 0.203 e. The number of aliphatic hydroxyl groups excluding tert-OH is 1. The Morgan fingerprint density at radius 1 is 0.944 bits per heavy atom.